The lowest BCUT2D eigenvalue weighted by atomic mass is 9.83. The molecule has 7 nitrogen and oxygen atoms in total. The molecule has 1 aliphatic carbocycles. The molecule has 1 saturated heterocycles. The molecule has 0 spiro atoms. The molecule has 1 amide bonds. The van der Waals surface area contributed by atoms with E-state index in [1.807, 2.05) is 4.90 Å². The van der Waals surface area contributed by atoms with Crippen molar-refractivity contribution in [2.75, 3.05) is 25.0 Å². The summed E-state index contributed by atoms with van der Waals surface area (Å²) in [7, 11) is 0. The Balaban J connectivity index is 1.59. The summed E-state index contributed by atoms with van der Waals surface area (Å²) in [6, 6.07) is 0.156. The maximum Gasteiger partial charge on any atom is 0.293 e. The van der Waals surface area contributed by atoms with Crippen LogP contribution in [0.2, 0.25) is 0 Å². The zero-order valence-corrected chi connectivity index (χ0v) is 12.1. The Morgan fingerprint density at radius 1 is 1.38 bits per heavy atom. The van der Waals surface area contributed by atoms with E-state index >= 15 is 0 Å². The number of hydrogen-bond acceptors (Lipinski definition) is 5. The Hall–Kier alpha value is -1.63. The van der Waals surface area contributed by atoms with Gasteiger partial charge in [-0.1, -0.05) is 6.42 Å². The number of hydrogen-bond donors (Lipinski definition) is 2. The van der Waals surface area contributed by atoms with Crippen molar-refractivity contribution in [1.29, 1.82) is 0 Å². The van der Waals surface area contributed by atoms with Gasteiger partial charge in [0.1, 0.15) is 0 Å². The van der Waals surface area contributed by atoms with Gasteiger partial charge in [0.2, 0.25) is 11.8 Å². The van der Waals surface area contributed by atoms with Crippen LogP contribution in [0.1, 0.15) is 42.7 Å². The highest BCUT2D eigenvalue weighted by Gasteiger charge is 2.51. The van der Waals surface area contributed by atoms with Crippen molar-refractivity contribution in [1.82, 2.24) is 19.7 Å². The number of aliphatic hydroxyl groups excluding tert-OH is 1. The molecule has 0 aromatic carbocycles. The van der Waals surface area contributed by atoms with Crippen LogP contribution in [-0.2, 0) is 6.54 Å². The predicted molar refractivity (Wildman–Crippen MR) is 75.9 cm³/mol. The van der Waals surface area contributed by atoms with Crippen molar-refractivity contribution in [2.45, 2.75) is 44.7 Å². The second-order valence-corrected chi connectivity index (χ2v) is 6.44. The minimum absolute atomic E-state index is 0.0761. The number of nitrogens with one attached hydrogen (secondary N) is 1. The number of aryl methyl sites for hydroxylation is 1. The predicted octanol–water partition coefficient (Wildman–Crippen LogP) is 0.471. The summed E-state index contributed by atoms with van der Waals surface area (Å²) in [5, 5.41) is 17.3. The van der Waals surface area contributed by atoms with Gasteiger partial charge in [0.15, 0.2) is 0 Å². The topological polar surface area (TPSA) is 83.3 Å². The fraction of sp³-hybridized carbons (Fsp3) is 0.786. The molecule has 4 rings (SSSR count). The molecule has 2 N–H and O–H groups in total. The van der Waals surface area contributed by atoms with E-state index in [1.54, 1.807) is 4.68 Å². The summed E-state index contributed by atoms with van der Waals surface area (Å²) in [6.07, 6.45) is 4.99. The molecule has 1 aromatic rings. The summed E-state index contributed by atoms with van der Waals surface area (Å²) in [6.45, 7) is 2.58. The van der Waals surface area contributed by atoms with Crippen molar-refractivity contribution in [3.63, 3.8) is 0 Å². The van der Waals surface area contributed by atoms with Crippen molar-refractivity contribution < 1.29 is 9.90 Å². The highest BCUT2D eigenvalue weighted by Crippen LogP contribution is 2.48. The van der Waals surface area contributed by atoms with Crippen LogP contribution in [0.5, 0.6) is 0 Å². The smallest absolute Gasteiger partial charge is 0.293 e. The van der Waals surface area contributed by atoms with E-state index < -0.39 is 0 Å². The fourth-order valence-electron chi connectivity index (χ4n) is 4.18. The van der Waals surface area contributed by atoms with Gasteiger partial charge < -0.3 is 15.3 Å². The van der Waals surface area contributed by atoms with Gasteiger partial charge in [-0.2, -0.15) is 4.98 Å². The summed E-state index contributed by atoms with van der Waals surface area (Å²) >= 11 is 0. The average molecular weight is 291 g/mol. The van der Waals surface area contributed by atoms with Crippen LogP contribution in [0.3, 0.4) is 0 Å². The third-order valence-corrected chi connectivity index (χ3v) is 5.35. The Morgan fingerprint density at radius 2 is 2.29 bits per heavy atom. The molecule has 0 bridgehead atoms. The second-order valence-electron chi connectivity index (χ2n) is 6.44. The highest BCUT2D eigenvalue weighted by atomic mass is 16.3. The number of aromatic nitrogens is 3. The first-order chi connectivity index (χ1) is 10.2. The Bertz CT molecular complexity index is 548. The molecule has 0 radical (unpaired) electrons. The molecule has 0 unspecified atom stereocenters. The number of aliphatic hydroxyl groups is 1. The SMILES string of the molecule is O=C(c1nc2n(n1)CCCN2)N1CC[C@@]2(CO)CCC[C@@H]12. The van der Waals surface area contributed by atoms with E-state index in [1.165, 1.54) is 0 Å². The van der Waals surface area contributed by atoms with E-state index in [4.69, 9.17) is 0 Å². The van der Waals surface area contributed by atoms with Gasteiger partial charge in [-0.05, 0) is 25.7 Å². The first kappa shape index (κ1) is 13.1. The highest BCUT2D eigenvalue weighted by molar-refractivity contribution is 5.91. The van der Waals surface area contributed by atoms with E-state index in [0.29, 0.717) is 18.3 Å². The van der Waals surface area contributed by atoms with Gasteiger partial charge in [0, 0.05) is 31.1 Å². The van der Waals surface area contributed by atoms with Gasteiger partial charge in [-0.3, -0.25) is 4.79 Å². The van der Waals surface area contributed by atoms with Crippen LogP contribution < -0.4 is 5.32 Å². The van der Waals surface area contributed by atoms with E-state index in [-0.39, 0.29) is 24.0 Å². The van der Waals surface area contributed by atoms with Gasteiger partial charge >= 0.3 is 0 Å². The van der Waals surface area contributed by atoms with Gasteiger partial charge in [-0.15, -0.1) is 5.10 Å². The van der Waals surface area contributed by atoms with Gasteiger partial charge in [0.25, 0.3) is 5.91 Å². The minimum Gasteiger partial charge on any atom is -0.396 e. The van der Waals surface area contributed by atoms with Crippen molar-refractivity contribution in [3.05, 3.63) is 5.82 Å². The lowest BCUT2D eigenvalue weighted by Gasteiger charge is -2.30. The average Bonchev–Trinajstić information content (AvgIpc) is 3.18. The molecule has 21 heavy (non-hydrogen) atoms. The normalized spacial score (nSPS) is 30.9. The second kappa shape index (κ2) is 4.69. The van der Waals surface area contributed by atoms with E-state index in [2.05, 4.69) is 15.4 Å². The Labute approximate surface area is 123 Å². The molecule has 1 aromatic heterocycles. The molecule has 2 atom stereocenters. The minimum atomic E-state index is -0.0825. The number of amides is 1. The third kappa shape index (κ3) is 1.87. The summed E-state index contributed by atoms with van der Waals surface area (Å²) in [5.41, 5.74) is -0.0761. The number of anilines is 1. The zero-order valence-electron chi connectivity index (χ0n) is 12.1. The maximum absolute atomic E-state index is 12.7. The first-order valence-corrected chi connectivity index (χ1v) is 7.84. The van der Waals surface area contributed by atoms with Crippen LogP contribution in [0.15, 0.2) is 0 Å². The number of carbonyl (C=O) groups is 1. The molecule has 114 valence electrons. The summed E-state index contributed by atoms with van der Waals surface area (Å²) < 4.78 is 1.78. The standard InChI is InChI=1S/C14H21N5O2/c20-9-14-4-1-3-10(14)18(8-5-14)12(21)11-16-13-15-6-2-7-19(13)17-11/h10,20H,1-9H2,(H,15,16,17)/t10-,14-/m1/s1. The number of carbonyl (C=O) groups excluding carboxylic acids is 1. The van der Waals surface area contributed by atoms with Gasteiger partial charge in [0.05, 0.1) is 6.61 Å². The molecular weight excluding hydrogens is 270 g/mol. The number of nitrogens with zero attached hydrogens (tertiary/aromatic N) is 4. The number of likely N-dealkylation sites (tertiary alicyclic amines) is 1. The molecule has 2 fully saturated rings. The van der Waals surface area contributed by atoms with Crippen molar-refractivity contribution in [2.24, 2.45) is 5.41 Å². The molecule has 3 aliphatic rings. The van der Waals surface area contributed by atoms with Crippen LogP contribution in [0, 0.1) is 5.41 Å². The maximum atomic E-state index is 12.7. The molecule has 7 heteroatoms. The van der Waals surface area contributed by atoms with Crippen molar-refractivity contribution >= 4 is 11.9 Å². The summed E-state index contributed by atoms with van der Waals surface area (Å²) in [4.78, 5) is 19.0. The van der Waals surface area contributed by atoms with E-state index in [0.717, 1.165) is 45.2 Å². The molecule has 3 heterocycles. The lowest BCUT2D eigenvalue weighted by Crippen LogP contribution is -2.41. The number of rotatable bonds is 2. The fourth-order valence-corrected chi connectivity index (χ4v) is 4.18. The quantitative estimate of drug-likeness (QED) is 0.827. The third-order valence-electron chi connectivity index (χ3n) is 5.35. The number of fused-ring (bicyclic) bond motifs is 2. The van der Waals surface area contributed by atoms with E-state index in [9.17, 15) is 9.90 Å². The molecular formula is C14H21N5O2. The van der Waals surface area contributed by atoms with Crippen LogP contribution in [-0.4, -0.2) is 56.4 Å². The Kier molecular flexibility index (Phi) is 2.92. The monoisotopic (exact) mass is 291 g/mol. The summed E-state index contributed by atoms with van der Waals surface area (Å²) in [5.74, 6) is 0.907. The van der Waals surface area contributed by atoms with Crippen LogP contribution in [0.25, 0.3) is 0 Å². The van der Waals surface area contributed by atoms with Crippen LogP contribution in [0.4, 0.5) is 5.95 Å². The lowest BCUT2D eigenvalue weighted by molar-refractivity contribution is 0.0613. The van der Waals surface area contributed by atoms with Crippen molar-refractivity contribution in [3.8, 4) is 0 Å². The van der Waals surface area contributed by atoms with Gasteiger partial charge in [-0.25, -0.2) is 4.68 Å². The Morgan fingerprint density at radius 3 is 3.10 bits per heavy atom. The first-order valence-electron chi connectivity index (χ1n) is 7.84. The van der Waals surface area contributed by atoms with Crippen LogP contribution >= 0.6 is 0 Å². The zero-order chi connectivity index (χ0) is 14.4. The molecule has 1 saturated carbocycles. The largest absolute Gasteiger partial charge is 0.396 e. The molecule has 2 aliphatic heterocycles.